The lowest BCUT2D eigenvalue weighted by Crippen LogP contribution is -2.36. The molecule has 384 valence electrons. The molecule has 22 nitrogen and oxygen atoms in total. The number of nitriles is 1. The first-order chi connectivity index (χ1) is 37.1. The maximum atomic E-state index is 10.2. The minimum atomic E-state index is -0.966. The zero-order valence-electron chi connectivity index (χ0n) is 39.8. The first kappa shape index (κ1) is 49.9. The van der Waals surface area contributed by atoms with Crippen molar-refractivity contribution in [1.82, 2.24) is 65.1 Å². The number of benzene rings is 4. The molecule has 0 spiro atoms. The number of nitrogens with zero attached hydrogens (tertiary/aromatic N) is 12. The predicted octanol–water partition coefficient (Wildman–Crippen LogP) is 6.04. The van der Waals surface area contributed by atoms with Crippen molar-refractivity contribution in [2.75, 3.05) is 26.4 Å². The smallest absolute Gasteiger partial charge is 0.296 e. The van der Waals surface area contributed by atoms with Crippen LogP contribution >= 0.6 is 23.2 Å². The number of fused-ring (bicyclic) bond motifs is 2. The van der Waals surface area contributed by atoms with Crippen molar-refractivity contribution in [3.63, 3.8) is 0 Å². The Hall–Kier alpha value is -8.24. The molecule has 6 aromatic heterocycles. The standard InChI is InChI=1S/C27H23ClN8O4.C25H21ClN6O4/c28-19-12-20-25(32-27(30-20)40-22-14-39-21(13-37)24(22)38)31-23(19)17-6-2-15(3-7-17)16-4-8-18(9-5-16)26-33-34-35-36(26)11-1-10-29;26-18-11-19-24(31-25(29-19)36-21-13-35-20(12-33)23(21)34)30-22(18)16-3-1-14(2-4-16)15-5-7-17(8-6-15)32-27-9-10-28-32/h2-9,12,21-22,24,37-38H,1,11,13-14H2,(H,30,31,32);1-11,20-21,23,33-34H,12-13H2,(H,29,30,31)/t21-,22-,24-;20-,21-,23-/m11/s1. The van der Waals surface area contributed by atoms with Gasteiger partial charge in [0.15, 0.2) is 29.3 Å². The van der Waals surface area contributed by atoms with Gasteiger partial charge in [-0.25, -0.2) is 14.6 Å². The van der Waals surface area contributed by atoms with Crippen LogP contribution in [0.4, 0.5) is 0 Å². The number of rotatable bonds is 14. The number of aliphatic hydroxyl groups is 4. The molecule has 2 aliphatic heterocycles. The molecule has 6 N–H and O–H groups in total. The summed E-state index contributed by atoms with van der Waals surface area (Å²) < 4.78 is 23.8. The van der Waals surface area contributed by atoms with Crippen LogP contribution in [0.2, 0.25) is 10.0 Å². The van der Waals surface area contributed by atoms with Gasteiger partial charge < -0.3 is 49.3 Å². The summed E-state index contributed by atoms with van der Waals surface area (Å²) in [5.74, 6) is 0.613. The maximum absolute atomic E-state index is 10.2. The molecule has 0 radical (unpaired) electrons. The Bertz CT molecular complexity index is 3650. The van der Waals surface area contributed by atoms with E-state index in [4.69, 9.17) is 47.4 Å². The van der Waals surface area contributed by atoms with E-state index >= 15 is 0 Å². The highest BCUT2D eigenvalue weighted by Crippen LogP contribution is 2.34. The van der Waals surface area contributed by atoms with Gasteiger partial charge in [0.2, 0.25) is 0 Å². The maximum Gasteiger partial charge on any atom is 0.296 e. The lowest BCUT2D eigenvalue weighted by atomic mass is 10.0. The number of aromatic amines is 2. The molecule has 4 aromatic carbocycles. The Morgan fingerprint density at radius 1 is 0.618 bits per heavy atom. The third-order valence-electron chi connectivity index (χ3n) is 12.8. The Labute approximate surface area is 441 Å². The number of aromatic nitrogens is 13. The summed E-state index contributed by atoms with van der Waals surface area (Å²) in [6.45, 7) is 0.143. The quantitative estimate of drug-likeness (QED) is 0.0723. The second-order valence-electron chi connectivity index (χ2n) is 17.6. The van der Waals surface area contributed by atoms with E-state index in [-0.39, 0.29) is 38.4 Å². The lowest BCUT2D eigenvalue weighted by Gasteiger charge is -2.15. The van der Waals surface area contributed by atoms with E-state index in [1.54, 1.807) is 34.0 Å². The summed E-state index contributed by atoms with van der Waals surface area (Å²) in [6, 6.07) is 37.6. The molecule has 24 heteroatoms. The molecule has 2 saturated heterocycles. The fourth-order valence-corrected chi connectivity index (χ4v) is 9.26. The number of aryl methyl sites for hydroxylation is 1. The summed E-state index contributed by atoms with van der Waals surface area (Å²) in [5, 5.41) is 68.7. The predicted molar refractivity (Wildman–Crippen MR) is 276 cm³/mol. The first-order valence-corrected chi connectivity index (χ1v) is 24.6. The van der Waals surface area contributed by atoms with Crippen molar-refractivity contribution < 1.29 is 39.4 Å². The van der Waals surface area contributed by atoms with Gasteiger partial charge in [0.25, 0.3) is 12.0 Å². The van der Waals surface area contributed by atoms with E-state index in [1.165, 1.54) is 0 Å². The molecule has 8 heterocycles. The molecule has 0 saturated carbocycles. The Morgan fingerprint density at radius 3 is 1.49 bits per heavy atom. The number of nitrogens with one attached hydrogen (secondary N) is 2. The van der Waals surface area contributed by atoms with Crippen LogP contribution in [0.3, 0.4) is 0 Å². The molecular formula is C52H44Cl2N14O8. The van der Waals surface area contributed by atoms with Gasteiger partial charge in [-0.15, -0.1) is 5.10 Å². The van der Waals surface area contributed by atoms with Gasteiger partial charge in [-0.05, 0) is 56.9 Å². The molecule has 0 aliphatic carbocycles. The molecule has 2 fully saturated rings. The highest BCUT2D eigenvalue weighted by molar-refractivity contribution is 6.34. The molecule has 0 amide bonds. The van der Waals surface area contributed by atoms with Gasteiger partial charge in [-0.3, -0.25) is 0 Å². The van der Waals surface area contributed by atoms with Crippen molar-refractivity contribution in [1.29, 1.82) is 5.26 Å². The Balaban J connectivity index is 0.000000163. The van der Waals surface area contributed by atoms with Crippen LogP contribution in [0.5, 0.6) is 12.0 Å². The topological polar surface area (TPSA) is 299 Å². The van der Waals surface area contributed by atoms with Crippen LogP contribution in [0.1, 0.15) is 6.42 Å². The Morgan fingerprint density at radius 2 is 1.05 bits per heavy atom. The number of H-pyrrole nitrogens is 2. The molecule has 6 atom stereocenters. The van der Waals surface area contributed by atoms with E-state index in [2.05, 4.69) is 61.7 Å². The van der Waals surface area contributed by atoms with Crippen LogP contribution in [0.25, 0.3) is 84.2 Å². The number of tetrazole rings is 1. The summed E-state index contributed by atoms with van der Waals surface area (Å²) >= 11 is 13.1. The van der Waals surface area contributed by atoms with Crippen molar-refractivity contribution in [2.24, 2.45) is 0 Å². The van der Waals surface area contributed by atoms with Crippen LogP contribution in [-0.4, -0.2) is 149 Å². The third kappa shape index (κ3) is 10.4. The van der Waals surface area contributed by atoms with Crippen LogP contribution in [-0.2, 0) is 16.0 Å². The summed E-state index contributed by atoms with van der Waals surface area (Å²) in [7, 11) is 0. The van der Waals surface area contributed by atoms with E-state index in [0.29, 0.717) is 62.6 Å². The van der Waals surface area contributed by atoms with Crippen molar-refractivity contribution >= 4 is 45.5 Å². The molecule has 0 unspecified atom stereocenters. The number of aliphatic hydroxyl groups excluding tert-OH is 4. The first-order valence-electron chi connectivity index (χ1n) is 23.8. The minimum absolute atomic E-state index is 0.138. The molecule has 0 bridgehead atoms. The van der Waals surface area contributed by atoms with Crippen molar-refractivity contribution in [3.8, 4) is 79.9 Å². The average molecular weight is 1060 g/mol. The van der Waals surface area contributed by atoms with Gasteiger partial charge in [0, 0.05) is 16.7 Å². The Kier molecular flexibility index (Phi) is 14.4. The monoisotopic (exact) mass is 1060 g/mol. The van der Waals surface area contributed by atoms with Crippen LogP contribution < -0.4 is 9.47 Å². The fourth-order valence-electron chi connectivity index (χ4n) is 8.74. The SMILES string of the molecule is N#CCCn1nnnc1-c1ccc(-c2ccc(-c3nc4nc(O[C@@H]5CO[C@H](CO)[C@H]5O)[nH]c4cc3Cl)cc2)cc1.OC[C@H]1OC[C@@H](Oc2nc3nc(-c4ccc(-c5ccc(-n6nccn6)cc5)cc4)c(Cl)cc3[nH]2)[C@@H]1O. The largest absolute Gasteiger partial charge is 0.456 e. The number of pyridine rings is 2. The number of ether oxygens (including phenoxy) is 4. The highest BCUT2D eigenvalue weighted by Gasteiger charge is 2.39. The molecule has 12 rings (SSSR count). The van der Waals surface area contributed by atoms with Crippen molar-refractivity contribution in [2.45, 2.75) is 49.6 Å². The number of hydrogen-bond acceptors (Lipinski definition) is 18. The van der Waals surface area contributed by atoms with Crippen LogP contribution in [0, 0.1) is 11.3 Å². The summed E-state index contributed by atoms with van der Waals surface area (Å²) in [6.07, 6.45) is -0.970. The number of imidazole rings is 2. The third-order valence-corrected chi connectivity index (χ3v) is 13.4. The van der Waals surface area contributed by atoms with Gasteiger partial charge in [0.05, 0.1) is 96.0 Å². The molecule has 10 aromatic rings. The minimum Gasteiger partial charge on any atom is -0.456 e. The van der Waals surface area contributed by atoms with Crippen LogP contribution in [0.15, 0.2) is 122 Å². The normalized spacial score (nSPS) is 19.2. The van der Waals surface area contributed by atoms with E-state index in [0.717, 1.165) is 44.6 Å². The summed E-state index contributed by atoms with van der Waals surface area (Å²) in [4.78, 5) is 25.7. The summed E-state index contributed by atoms with van der Waals surface area (Å²) in [5.41, 5.74) is 10.7. The van der Waals surface area contributed by atoms with Gasteiger partial charge in [0.1, 0.15) is 24.4 Å². The van der Waals surface area contributed by atoms with Gasteiger partial charge >= 0.3 is 0 Å². The lowest BCUT2D eigenvalue weighted by molar-refractivity contribution is -0.00393. The van der Waals surface area contributed by atoms with E-state index in [9.17, 15) is 20.4 Å². The number of halogens is 2. The fraction of sp³-hybridized carbons (Fsp3) is 0.231. The van der Waals surface area contributed by atoms with Crippen molar-refractivity contribution in [3.05, 3.63) is 132 Å². The molecule has 2 aliphatic rings. The average Bonchev–Trinajstić information content (AvgIpc) is 4.34. The highest BCUT2D eigenvalue weighted by atomic mass is 35.5. The van der Waals surface area contributed by atoms with E-state index in [1.807, 2.05) is 97.1 Å². The zero-order valence-corrected chi connectivity index (χ0v) is 41.3. The number of hydrogen-bond donors (Lipinski definition) is 6. The van der Waals surface area contributed by atoms with Gasteiger partial charge in [-0.2, -0.15) is 30.2 Å². The second kappa shape index (κ2) is 21.9. The van der Waals surface area contributed by atoms with Gasteiger partial charge in [-0.1, -0.05) is 108 Å². The van der Waals surface area contributed by atoms with E-state index < -0.39 is 36.6 Å². The molecular weight excluding hydrogens is 1020 g/mol. The second-order valence-corrected chi connectivity index (χ2v) is 18.4. The molecule has 76 heavy (non-hydrogen) atoms. The zero-order chi connectivity index (χ0) is 52.3.